The SMILES string of the molecule is CC(CO)CCCNCc1nc(Cc2ccccc2)no1. The molecule has 0 aliphatic heterocycles. The lowest BCUT2D eigenvalue weighted by atomic mass is 10.1. The number of hydrogen-bond acceptors (Lipinski definition) is 5. The zero-order valence-electron chi connectivity index (χ0n) is 12.5. The molecule has 0 saturated carbocycles. The smallest absolute Gasteiger partial charge is 0.240 e. The highest BCUT2D eigenvalue weighted by molar-refractivity contribution is 5.18. The van der Waals surface area contributed by atoms with Gasteiger partial charge in [0.25, 0.3) is 0 Å². The average molecular weight is 289 g/mol. The van der Waals surface area contributed by atoms with Crippen LogP contribution in [0.5, 0.6) is 0 Å². The first kappa shape index (κ1) is 15.7. The molecule has 0 aliphatic carbocycles. The van der Waals surface area contributed by atoms with E-state index in [4.69, 9.17) is 9.63 Å². The van der Waals surface area contributed by atoms with Gasteiger partial charge in [0.1, 0.15) is 0 Å². The fourth-order valence-electron chi connectivity index (χ4n) is 2.07. The second-order valence-electron chi connectivity index (χ2n) is 5.37. The maximum absolute atomic E-state index is 8.94. The summed E-state index contributed by atoms with van der Waals surface area (Å²) in [6.07, 6.45) is 2.75. The lowest BCUT2D eigenvalue weighted by Gasteiger charge is -2.06. The van der Waals surface area contributed by atoms with Gasteiger partial charge in [0.2, 0.25) is 5.89 Å². The van der Waals surface area contributed by atoms with Gasteiger partial charge in [-0.05, 0) is 30.9 Å². The molecule has 1 atom stereocenters. The minimum atomic E-state index is 0.256. The quantitative estimate of drug-likeness (QED) is 0.692. The first-order valence-corrected chi connectivity index (χ1v) is 7.45. The molecule has 0 saturated heterocycles. The second kappa shape index (κ2) is 8.54. The number of aliphatic hydroxyl groups is 1. The Bertz CT molecular complexity index is 513. The Labute approximate surface area is 125 Å². The molecule has 0 spiro atoms. The molecule has 114 valence electrons. The molecule has 21 heavy (non-hydrogen) atoms. The Morgan fingerprint density at radius 2 is 2.10 bits per heavy atom. The molecule has 1 unspecified atom stereocenters. The number of benzene rings is 1. The highest BCUT2D eigenvalue weighted by Crippen LogP contribution is 2.07. The summed E-state index contributed by atoms with van der Waals surface area (Å²) in [6, 6.07) is 10.1. The van der Waals surface area contributed by atoms with Crippen molar-refractivity contribution in [2.24, 2.45) is 5.92 Å². The van der Waals surface area contributed by atoms with Crippen LogP contribution in [0.1, 0.15) is 37.0 Å². The molecule has 5 heteroatoms. The molecule has 2 aromatic rings. The van der Waals surface area contributed by atoms with Crippen molar-refractivity contribution in [3.05, 3.63) is 47.6 Å². The predicted octanol–water partition coefficient (Wildman–Crippen LogP) is 2.16. The standard InChI is InChI=1S/C16H23N3O2/c1-13(12-20)6-5-9-17-11-16-18-15(19-21-16)10-14-7-3-2-4-8-14/h2-4,7-8,13,17,20H,5-6,9-12H2,1H3. The van der Waals surface area contributed by atoms with Gasteiger partial charge in [-0.25, -0.2) is 0 Å². The van der Waals surface area contributed by atoms with Crippen LogP contribution >= 0.6 is 0 Å². The summed E-state index contributed by atoms with van der Waals surface area (Å²) < 4.78 is 5.22. The van der Waals surface area contributed by atoms with Gasteiger partial charge in [0.05, 0.1) is 6.54 Å². The second-order valence-corrected chi connectivity index (χ2v) is 5.37. The van der Waals surface area contributed by atoms with Gasteiger partial charge >= 0.3 is 0 Å². The summed E-state index contributed by atoms with van der Waals surface area (Å²) >= 11 is 0. The van der Waals surface area contributed by atoms with E-state index in [1.54, 1.807) is 0 Å². The van der Waals surface area contributed by atoms with Crippen molar-refractivity contribution < 1.29 is 9.63 Å². The lowest BCUT2D eigenvalue weighted by Crippen LogP contribution is -2.16. The van der Waals surface area contributed by atoms with Gasteiger partial charge in [-0.3, -0.25) is 0 Å². The van der Waals surface area contributed by atoms with Crippen LogP contribution in [0.25, 0.3) is 0 Å². The largest absolute Gasteiger partial charge is 0.396 e. The fourth-order valence-corrected chi connectivity index (χ4v) is 2.07. The van der Waals surface area contributed by atoms with Crippen LogP contribution in [0.4, 0.5) is 0 Å². The fraction of sp³-hybridized carbons (Fsp3) is 0.500. The molecule has 2 rings (SSSR count). The molecular weight excluding hydrogens is 266 g/mol. The van der Waals surface area contributed by atoms with Crippen molar-refractivity contribution in [3.8, 4) is 0 Å². The van der Waals surface area contributed by atoms with Crippen LogP contribution < -0.4 is 5.32 Å². The number of nitrogens with zero attached hydrogens (tertiary/aromatic N) is 2. The van der Waals surface area contributed by atoms with E-state index in [1.165, 1.54) is 5.56 Å². The molecular formula is C16H23N3O2. The number of aromatic nitrogens is 2. The highest BCUT2D eigenvalue weighted by atomic mass is 16.5. The monoisotopic (exact) mass is 289 g/mol. The topological polar surface area (TPSA) is 71.2 Å². The minimum absolute atomic E-state index is 0.256. The summed E-state index contributed by atoms with van der Waals surface area (Å²) in [4.78, 5) is 4.37. The van der Waals surface area contributed by atoms with E-state index in [0.29, 0.717) is 30.6 Å². The average Bonchev–Trinajstić information content (AvgIpc) is 2.95. The summed E-state index contributed by atoms with van der Waals surface area (Å²) in [5.41, 5.74) is 1.18. The van der Waals surface area contributed by atoms with Crippen LogP contribution in [0.3, 0.4) is 0 Å². The van der Waals surface area contributed by atoms with E-state index in [9.17, 15) is 0 Å². The van der Waals surface area contributed by atoms with Crippen LogP contribution in [-0.2, 0) is 13.0 Å². The number of rotatable bonds is 9. The lowest BCUT2D eigenvalue weighted by molar-refractivity contribution is 0.227. The van der Waals surface area contributed by atoms with Crippen LogP contribution in [-0.4, -0.2) is 28.4 Å². The third kappa shape index (κ3) is 5.65. The molecule has 0 aliphatic rings. The molecule has 0 radical (unpaired) electrons. The normalized spacial score (nSPS) is 12.5. The Balaban J connectivity index is 1.69. The van der Waals surface area contributed by atoms with Crippen molar-refractivity contribution >= 4 is 0 Å². The van der Waals surface area contributed by atoms with E-state index >= 15 is 0 Å². The van der Waals surface area contributed by atoms with Crippen molar-refractivity contribution in [2.75, 3.05) is 13.2 Å². The summed E-state index contributed by atoms with van der Waals surface area (Å²) in [7, 11) is 0. The van der Waals surface area contributed by atoms with E-state index in [0.717, 1.165) is 19.4 Å². The first-order valence-electron chi connectivity index (χ1n) is 7.45. The molecule has 1 heterocycles. The molecule has 2 N–H and O–H groups in total. The van der Waals surface area contributed by atoms with E-state index in [1.807, 2.05) is 25.1 Å². The minimum Gasteiger partial charge on any atom is -0.396 e. The van der Waals surface area contributed by atoms with Crippen LogP contribution in [0.15, 0.2) is 34.9 Å². The van der Waals surface area contributed by atoms with E-state index < -0.39 is 0 Å². The van der Waals surface area contributed by atoms with Crippen LogP contribution in [0.2, 0.25) is 0 Å². The molecule has 5 nitrogen and oxygen atoms in total. The predicted molar refractivity (Wildman–Crippen MR) is 80.7 cm³/mol. The Morgan fingerprint density at radius 3 is 2.86 bits per heavy atom. The summed E-state index contributed by atoms with van der Waals surface area (Å²) in [5.74, 6) is 1.70. The number of nitrogens with one attached hydrogen (secondary N) is 1. The van der Waals surface area contributed by atoms with Crippen molar-refractivity contribution in [1.82, 2.24) is 15.5 Å². The molecule has 0 bridgehead atoms. The van der Waals surface area contributed by atoms with Gasteiger partial charge in [0.15, 0.2) is 5.82 Å². The maximum atomic E-state index is 8.94. The number of aliphatic hydroxyl groups excluding tert-OH is 1. The third-order valence-corrected chi connectivity index (χ3v) is 3.35. The Hall–Kier alpha value is -1.72. The zero-order valence-corrected chi connectivity index (χ0v) is 12.5. The number of hydrogen-bond donors (Lipinski definition) is 2. The van der Waals surface area contributed by atoms with Gasteiger partial charge in [-0.15, -0.1) is 0 Å². The van der Waals surface area contributed by atoms with E-state index in [2.05, 4.69) is 27.6 Å². The first-order chi connectivity index (χ1) is 10.3. The van der Waals surface area contributed by atoms with Gasteiger partial charge in [-0.1, -0.05) is 42.4 Å². The van der Waals surface area contributed by atoms with Crippen molar-refractivity contribution in [2.45, 2.75) is 32.7 Å². The van der Waals surface area contributed by atoms with Crippen molar-refractivity contribution in [1.29, 1.82) is 0 Å². The van der Waals surface area contributed by atoms with Gasteiger partial charge in [0, 0.05) is 13.0 Å². The molecule has 0 amide bonds. The highest BCUT2D eigenvalue weighted by Gasteiger charge is 2.06. The van der Waals surface area contributed by atoms with Crippen molar-refractivity contribution in [3.63, 3.8) is 0 Å². The maximum Gasteiger partial charge on any atom is 0.240 e. The molecule has 0 fully saturated rings. The summed E-state index contributed by atoms with van der Waals surface area (Å²) in [5, 5.41) is 16.2. The van der Waals surface area contributed by atoms with Gasteiger partial charge < -0.3 is 14.9 Å². The molecule has 1 aromatic heterocycles. The molecule has 1 aromatic carbocycles. The Kier molecular flexibility index (Phi) is 6.37. The Morgan fingerprint density at radius 1 is 1.29 bits per heavy atom. The van der Waals surface area contributed by atoms with E-state index in [-0.39, 0.29) is 6.61 Å². The van der Waals surface area contributed by atoms with Crippen LogP contribution in [0, 0.1) is 5.92 Å². The zero-order chi connectivity index (χ0) is 14.9. The summed E-state index contributed by atoms with van der Waals surface area (Å²) in [6.45, 7) is 3.79. The third-order valence-electron chi connectivity index (χ3n) is 3.35. The van der Waals surface area contributed by atoms with Gasteiger partial charge in [-0.2, -0.15) is 4.98 Å².